The summed E-state index contributed by atoms with van der Waals surface area (Å²) in [5.74, 6) is 0.434. The Morgan fingerprint density at radius 1 is 1.23 bits per heavy atom. The van der Waals surface area contributed by atoms with Gasteiger partial charge in [-0.3, -0.25) is 4.79 Å². The molecule has 2 N–H and O–H groups in total. The van der Waals surface area contributed by atoms with E-state index in [9.17, 15) is 14.7 Å². The van der Waals surface area contributed by atoms with E-state index < -0.39 is 11.6 Å². The fourth-order valence-corrected chi connectivity index (χ4v) is 4.44. The lowest BCUT2D eigenvalue weighted by atomic mass is 9.99. The maximum absolute atomic E-state index is 13.2. The molecule has 1 unspecified atom stereocenters. The van der Waals surface area contributed by atoms with Crippen molar-refractivity contribution < 1.29 is 28.6 Å². The number of carbonyl (C=O) groups excluding carboxylic acids is 2. The number of unbranched alkanes of at least 4 members (excludes halogenated alkanes) is 3. The third-order valence-electron chi connectivity index (χ3n) is 6.51. The number of benzene rings is 1. The number of nitrogens with one attached hydrogen (secondary N) is 1. The van der Waals surface area contributed by atoms with Crippen molar-refractivity contribution in [1.82, 2.24) is 5.32 Å². The summed E-state index contributed by atoms with van der Waals surface area (Å²) in [5.41, 5.74) is 0.947. The number of aryl methyl sites for hydroxylation is 2. The van der Waals surface area contributed by atoms with Crippen LogP contribution in [0, 0.1) is 11.3 Å². The quantitative estimate of drug-likeness (QED) is 0.131. The molecule has 214 valence electrons. The van der Waals surface area contributed by atoms with Gasteiger partial charge < -0.3 is 24.3 Å². The van der Waals surface area contributed by atoms with Crippen LogP contribution in [0.5, 0.6) is 5.75 Å². The molecule has 1 aromatic heterocycles. The second kappa shape index (κ2) is 15.9. The van der Waals surface area contributed by atoms with Gasteiger partial charge in [0.15, 0.2) is 11.3 Å². The SMILES string of the molecule is C=CCCCCOC(=O)c1c(CCCC#N)oc2c(OC)cc(CCC(=O)NC(C)CCCC(C)(C)O)cc12. The highest BCUT2D eigenvalue weighted by Gasteiger charge is 2.25. The molecule has 1 heterocycles. The van der Waals surface area contributed by atoms with Gasteiger partial charge in [-0.05, 0) is 89.8 Å². The summed E-state index contributed by atoms with van der Waals surface area (Å²) in [5, 5.41) is 22.4. The molecule has 0 aliphatic rings. The molecule has 0 saturated carbocycles. The van der Waals surface area contributed by atoms with Crippen LogP contribution in [0.1, 0.15) is 100 Å². The average Bonchev–Trinajstić information content (AvgIpc) is 3.24. The van der Waals surface area contributed by atoms with E-state index in [1.54, 1.807) is 13.8 Å². The number of nitriles is 1. The molecule has 2 aromatic rings. The monoisotopic (exact) mass is 540 g/mol. The van der Waals surface area contributed by atoms with Gasteiger partial charge in [0.25, 0.3) is 0 Å². The molecule has 0 aliphatic carbocycles. The maximum atomic E-state index is 13.2. The van der Waals surface area contributed by atoms with Crippen LogP contribution in [0.2, 0.25) is 0 Å². The van der Waals surface area contributed by atoms with E-state index in [1.807, 2.05) is 25.1 Å². The molecule has 8 heteroatoms. The Bertz CT molecular complexity index is 1140. The first kappa shape index (κ1) is 31.9. The van der Waals surface area contributed by atoms with Crippen LogP contribution in [0.25, 0.3) is 11.0 Å². The van der Waals surface area contributed by atoms with E-state index in [4.69, 9.17) is 19.2 Å². The minimum atomic E-state index is -0.707. The van der Waals surface area contributed by atoms with E-state index in [-0.39, 0.29) is 18.4 Å². The number of rotatable bonds is 18. The van der Waals surface area contributed by atoms with Gasteiger partial charge in [0.2, 0.25) is 5.91 Å². The number of hydrogen-bond donors (Lipinski definition) is 2. The van der Waals surface area contributed by atoms with Crippen molar-refractivity contribution in [3.8, 4) is 11.8 Å². The number of esters is 1. The lowest BCUT2D eigenvalue weighted by Crippen LogP contribution is -2.33. The average molecular weight is 541 g/mol. The smallest absolute Gasteiger partial charge is 0.342 e. The van der Waals surface area contributed by atoms with Gasteiger partial charge in [0, 0.05) is 30.7 Å². The van der Waals surface area contributed by atoms with Crippen molar-refractivity contribution in [1.29, 1.82) is 5.26 Å². The summed E-state index contributed by atoms with van der Waals surface area (Å²) < 4.78 is 17.2. The molecule has 0 radical (unpaired) electrons. The summed E-state index contributed by atoms with van der Waals surface area (Å²) >= 11 is 0. The maximum Gasteiger partial charge on any atom is 0.342 e. The van der Waals surface area contributed by atoms with Gasteiger partial charge in [-0.2, -0.15) is 5.26 Å². The van der Waals surface area contributed by atoms with Crippen molar-refractivity contribution >= 4 is 22.8 Å². The number of methoxy groups -OCH3 is 1. The van der Waals surface area contributed by atoms with Crippen LogP contribution in [-0.4, -0.2) is 42.3 Å². The highest BCUT2D eigenvalue weighted by Crippen LogP contribution is 2.36. The zero-order valence-electron chi connectivity index (χ0n) is 23.9. The van der Waals surface area contributed by atoms with Gasteiger partial charge >= 0.3 is 5.97 Å². The van der Waals surface area contributed by atoms with Crippen LogP contribution in [0.15, 0.2) is 29.2 Å². The zero-order valence-corrected chi connectivity index (χ0v) is 23.9. The summed E-state index contributed by atoms with van der Waals surface area (Å²) in [6, 6.07) is 5.83. The lowest BCUT2D eigenvalue weighted by Gasteiger charge is -2.19. The third kappa shape index (κ3) is 10.8. The molecule has 2 rings (SSSR count). The summed E-state index contributed by atoms with van der Waals surface area (Å²) in [6.07, 6.45) is 8.67. The first-order chi connectivity index (χ1) is 18.6. The Hall–Kier alpha value is -3.31. The molecule has 39 heavy (non-hydrogen) atoms. The fraction of sp³-hybridized carbons (Fsp3) is 0.581. The highest BCUT2D eigenvalue weighted by atomic mass is 16.5. The molecular weight excluding hydrogens is 496 g/mol. The summed E-state index contributed by atoms with van der Waals surface area (Å²) in [7, 11) is 1.54. The number of amides is 1. The first-order valence-electron chi connectivity index (χ1n) is 13.9. The molecular formula is C31H44N2O6. The predicted molar refractivity (Wildman–Crippen MR) is 152 cm³/mol. The number of hydrogen-bond acceptors (Lipinski definition) is 7. The Morgan fingerprint density at radius 2 is 2.00 bits per heavy atom. The predicted octanol–water partition coefficient (Wildman–Crippen LogP) is 6.18. The van der Waals surface area contributed by atoms with E-state index in [0.717, 1.165) is 37.7 Å². The number of nitrogens with zero attached hydrogens (tertiary/aromatic N) is 1. The van der Waals surface area contributed by atoms with Crippen LogP contribution in [0.4, 0.5) is 0 Å². The third-order valence-corrected chi connectivity index (χ3v) is 6.51. The Morgan fingerprint density at radius 3 is 2.67 bits per heavy atom. The first-order valence-corrected chi connectivity index (χ1v) is 13.9. The van der Waals surface area contributed by atoms with Crippen molar-refractivity contribution in [3.05, 3.63) is 41.7 Å². The molecule has 0 spiro atoms. The van der Waals surface area contributed by atoms with Gasteiger partial charge in [-0.1, -0.05) is 6.08 Å². The largest absolute Gasteiger partial charge is 0.493 e. The van der Waals surface area contributed by atoms with Gasteiger partial charge in [0.1, 0.15) is 11.3 Å². The minimum absolute atomic E-state index is 0.00885. The summed E-state index contributed by atoms with van der Waals surface area (Å²) in [6.45, 7) is 9.54. The van der Waals surface area contributed by atoms with Gasteiger partial charge in [-0.15, -0.1) is 6.58 Å². The number of carbonyl (C=O) groups is 2. The molecule has 0 aliphatic heterocycles. The van der Waals surface area contributed by atoms with Crippen LogP contribution >= 0.6 is 0 Å². The number of ether oxygens (including phenoxy) is 2. The lowest BCUT2D eigenvalue weighted by molar-refractivity contribution is -0.121. The topological polar surface area (TPSA) is 122 Å². The Kier molecular flexibility index (Phi) is 13.0. The van der Waals surface area contributed by atoms with Gasteiger partial charge in [0.05, 0.1) is 25.4 Å². The van der Waals surface area contributed by atoms with E-state index in [0.29, 0.717) is 66.8 Å². The highest BCUT2D eigenvalue weighted by molar-refractivity contribution is 6.06. The fourth-order valence-electron chi connectivity index (χ4n) is 4.44. The van der Waals surface area contributed by atoms with E-state index in [2.05, 4.69) is 18.0 Å². The zero-order chi connectivity index (χ0) is 28.8. The van der Waals surface area contributed by atoms with Crippen LogP contribution in [0.3, 0.4) is 0 Å². The van der Waals surface area contributed by atoms with E-state index >= 15 is 0 Å². The Balaban J connectivity index is 2.18. The van der Waals surface area contributed by atoms with Crippen LogP contribution < -0.4 is 10.1 Å². The second-order valence-electron chi connectivity index (χ2n) is 10.7. The minimum Gasteiger partial charge on any atom is -0.493 e. The normalized spacial score (nSPS) is 12.1. The van der Waals surface area contributed by atoms with Crippen molar-refractivity contribution in [2.75, 3.05) is 13.7 Å². The van der Waals surface area contributed by atoms with Crippen LogP contribution in [-0.2, 0) is 22.4 Å². The number of furan rings is 1. The molecule has 0 fully saturated rings. The Labute approximate surface area is 232 Å². The molecule has 1 amide bonds. The van der Waals surface area contributed by atoms with Crippen molar-refractivity contribution in [2.24, 2.45) is 0 Å². The molecule has 8 nitrogen and oxygen atoms in total. The number of fused-ring (bicyclic) bond motifs is 1. The standard InChI is InChI=1S/C31H44N2O6/c1-6-7-8-11-19-38-30(35)28-24-20-23(15-16-27(34)33-22(2)13-12-17-31(3,4)36)21-26(37-5)29(24)39-25(28)14-9-10-18-32/h6,20-22,36H,1,7-17,19H2,2-5H3,(H,33,34). The molecule has 1 aromatic carbocycles. The van der Waals surface area contributed by atoms with Gasteiger partial charge in [-0.25, -0.2) is 4.79 Å². The van der Waals surface area contributed by atoms with Crippen molar-refractivity contribution in [3.63, 3.8) is 0 Å². The molecule has 0 bridgehead atoms. The second-order valence-corrected chi connectivity index (χ2v) is 10.7. The number of allylic oxidation sites excluding steroid dienone is 1. The number of aliphatic hydroxyl groups is 1. The molecule has 1 atom stereocenters. The van der Waals surface area contributed by atoms with Crippen molar-refractivity contribution in [2.45, 2.75) is 103 Å². The molecule has 0 saturated heterocycles. The summed E-state index contributed by atoms with van der Waals surface area (Å²) in [4.78, 5) is 25.8. The van der Waals surface area contributed by atoms with E-state index in [1.165, 1.54) is 7.11 Å².